The van der Waals surface area contributed by atoms with Crippen LogP contribution in [0, 0.1) is 3.57 Å². The zero-order chi connectivity index (χ0) is 16.7. The lowest BCUT2D eigenvalue weighted by Gasteiger charge is -2.10. The van der Waals surface area contributed by atoms with Gasteiger partial charge >= 0.3 is 0 Å². The van der Waals surface area contributed by atoms with E-state index in [0.29, 0.717) is 17.8 Å². The van der Waals surface area contributed by atoms with Crippen LogP contribution >= 0.6 is 22.6 Å². The van der Waals surface area contributed by atoms with E-state index < -0.39 is 0 Å². The van der Waals surface area contributed by atoms with E-state index in [1.165, 1.54) is 0 Å². The zero-order valence-electron chi connectivity index (χ0n) is 13.0. The molecule has 0 radical (unpaired) electrons. The third-order valence-corrected chi connectivity index (χ3v) is 4.14. The fourth-order valence-corrected chi connectivity index (χ4v) is 2.54. The van der Waals surface area contributed by atoms with E-state index in [2.05, 4.69) is 38.4 Å². The number of hydrogen-bond donors (Lipinski definition) is 2. The Bertz CT molecular complexity index is 581. The van der Waals surface area contributed by atoms with E-state index in [9.17, 15) is 9.59 Å². The molecule has 0 aliphatic carbocycles. The standard InChI is InChI=1S/C16H20IN3O3/c1-11(9-15(21)18-10-14-3-2-8-23-14)19-20-16(22)12-4-6-13(17)7-5-12/h4-7,14H,2-3,8-10H2,1H3,(H,18,21)(H,20,22). The van der Waals surface area contributed by atoms with Crippen molar-refractivity contribution in [2.45, 2.75) is 32.3 Å². The van der Waals surface area contributed by atoms with Gasteiger partial charge in [-0.2, -0.15) is 5.10 Å². The number of amides is 2. The first-order valence-corrected chi connectivity index (χ1v) is 8.60. The fourth-order valence-electron chi connectivity index (χ4n) is 2.18. The van der Waals surface area contributed by atoms with Crippen LogP contribution in [0.15, 0.2) is 29.4 Å². The van der Waals surface area contributed by atoms with Gasteiger partial charge in [-0.1, -0.05) is 0 Å². The molecular weight excluding hydrogens is 409 g/mol. The SMILES string of the molecule is CC(CC(=O)NCC1CCCO1)=NNC(=O)c1ccc(I)cc1. The summed E-state index contributed by atoms with van der Waals surface area (Å²) in [5, 5.41) is 6.79. The number of halogens is 1. The second kappa shape index (κ2) is 8.97. The summed E-state index contributed by atoms with van der Waals surface area (Å²) in [6.07, 6.45) is 2.31. The number of carbonyl (C=O) groups is 2. The molecule has 1 atom stereocenters. The van der Waals surface area contributed by atoms with Crippen molar-refractivity contribution in [2.75, 3.05) is 13.2 Å². The van der Waals surface area contributed by atoms with E-state index in [1.54, 1.807) is 19.1 Å². The second-order valence-electron chi connectivity index (χ2n) is 5.41. The normalized spacial score (nSPS) is 17.8. The van der Waals surface area contributed by atoms with Gasteiger partial charge in [-0.3, -0.25) is 9.59 Å². The van der Waals surface area contributed by atoms with Crippen molar-refractivity contribution in [3.8, 4) is 0 Å². The molecule has 1 heterocycles. The summed E-state index contributed by atoms with van der Waals surface area (Å²) in [4.78, 5) is 23.7. The first-order valence-electron chi connectivity index (χ1n) is 7.52. The Hall–Kier alpha value is -1.48. The van der Waals surface area contributed by atoms with Crippen molar-refractivity contribution in [2.24, 2.45) is 5.10 Å². The Balaban J connectivity index is 1.74. The van der Waals surface area contributed by atoms with Crippen LogP contribution in [-0.2, 0) is 9.53 Å². The van der Waals surface area contributed by atoms with Gasteiger partial charge in [0.2, 0.25) is 5.91 Å². The maximum absolute atomic E-state index is 11.9. The Kier molecular flexibility index (Phi) is 6.97. The average Bonchev–Trinajstić information content (AvgIpc) is 3.05. The highest BCUT2D eigenvalue weighted by Crippen LogP contribution is 2.10. The molecule has 0 aromatic heterocycles. The summed E-state index contributed by atoms with van der Waals surface area (Å²) in [5.41, 5.74) is 3.54. The number of benzene rings is 1. The van der Waals surface area contributed by atoms with E-state index in [-0.39, 0.29) is 24.3 Å². The highest BCUT2D eigenvalue weighted by molar-refractivity contribution is 14.1. The fraction of sp³-hybridized carbons (Fsp3) is 0.438. The number of carbonyl (C=O) groups excluding carboxylic acids is 2. The molecule has 6 nitrogen and oxygen atoms in total. The maximum Gasteiger partial charge on any atom is 0.271 e. The topological polar surface area (TPSA) is 79.8 Å². The summed E-state index contributed by atoms with van der Waals surface area (Å²) < 4.78 is 6.50. The van der Waals surface area contributed by atoms with Gasteiger partial charge in [-0.25, -0.2) is 5.43 Å². The highest BCUT2D eigenvalue weighted by Gasteiger charge is 2.16. The first-order chi connectivity index (χ1) is 11.0. The van der Waals surface area contributed by atoms with Crippen LogP contribution in [0.2, 0.25) is 0 Å². The first kappa shape index (κ1) is 17.9. The molecule has 1 unspecified atom stereocenters. The van der Waals surface area contributed by atoms with E-state index >= 15 is 0 Å². The molecule has 2 rings (SSSR count). The van der Waals surface area contributed by atoms with E-state index in [0.717, 1.165) is 23.0 Å². The van der Waals surface area contributed by atoms with Crippen LogP contribution < -0.4 is 10.7 Å². The van der Waals surface area contributed by atoms with Crippen LogP contribution in [0.1, 0.15) is 36.5 Å². The number of nitrogens with one attached hydrogen (secondary N) is 2. The minimum Gasteiger partial charge on any atom is -0.376 e. The predicted molar refractivity (Wildman–Crippen MR) is 96.3 cm³/mol. The number of rotatable bonds is 6. The van der Waals surface area contributed by atoms with Crippen molar-refractivity contribution < 1.29 is 14.3 Å². The Morgan fingerprint density at radius 2 is 2.09 bits per heavy atom. The molecule has 1 aliphatic heterocycles. The minimum absolute atomic E-state index is 0.120. The van der Waals surface area contributed by atoms with Gasteiger partial charge in [0.1, 0.15) is 0 Å². The molecule has 1 aromatic carbocycles. The lowest BCUT2D eigenvalue weighted by atomic mass is 10.2. The predicted octanol–water partition coefficient (Wildman–Crippen LogP) is 2.08. The van der Waals surface area contributed by atoms with Crippen LogP contribution in [0.4, 0.5) is 0 Å². The Morgan fingerprint density at radius 3 is 2.74 bits per heavy atom. The molecule has 1 fully saturated rings. The van der Waals surface area contributed by atoms with Gasteiger partial charge in [-0.05, 0) is 66.6 Å². The smallest absolute Gasteiger partial charge is 0.271 e. The van der Waals surface area contributed by atoms with Gasteiger partial charge in [-0.15, -0.1) is 0 Å². The number of nitrogens with zero attached hydrogens (tertiary/aromatic N) is 1. The third kappa shape index (κ3) is 6.26. The zero-order valence-corrected chi connectivity index (χ0v) is 15.1. The Morgan fingerprint density at radius 1 is 1.35 bits per heavy atom. The van der Waals surface area contributed by atoms with Gasteiger partial charge < -0.3 is 10.1 Å². The molecule has 1 saturated heterocycles. The quantitative estimate of drug-likeness (QED) is 0.413. The molecule has 1 aromatic rings. The molecule has 0 spiro atoms. The van der Waals surface area contributed by atoms with Crippen LogP contribution in [0.3, 0.4) is 0 Å². The molecule has 0 bridgehead atoms. The van der Waals surface area contributed by atoms with Crippen molar-refractivity contribution >= 4 is 40.1 Å². The number of hydrazone groups is 1. The van der Waals surface area contributed by atoms with Gasteiger partial charge in [0.15, 0.2) is 0 Å². The minimum atomic E-state index is -0.291. The van der Waals surface area contributed by atoms with Crippen LogP contribution in [0.25, 0.3) is 0 Å². The van der Waals surface area contributed by atoms with Crippen molar-refractivity contribution in [3.05, 3.63) is 33.4 Å². The van der Waals surface area contributed by atoms with Gasteiger partial charge in [0, 0.05) is 28.0 Å². The van der Waals surface area contributed by atoms with E-state index in [4.69, 9.17) is 4.74 Å². The Labute approximate surface area is 149 Å². The molecule has 23 heavy (non-hydrogen) atoms. The second-order valence-corrected chi connectivity index (χ2v) is 6.66. The molecule has 2 N–H and O–H groups in total. The largest absolute Gasteiger partial charge is 0.376 e. The molecule has 7 heteroatoms. The van der Waals surface area contributed by atoms with Gasteiger partial charge in [0.05, 0.1) is 12.5 Å². The number of hydrogen-bond acceptors (Lipinski definition) is 4. The molecule has 2 amide bonds. The van der Waals surface area contributed by atoms with Crippen LogP contribution in [-0.4, -0.2) is 36.8 Å². The summed E-state index contributed by atoms with van der Waals surface area (Å²) in [6.45, 7) is 3.01. The van der Waals surface area contributed by atoms with Crippen LogP contribution in [0.5, 0.6) is 0 Å². The molecule has 124 valence electrons. The summed E-state index contributed by atoms with van der Waals surface area (Å²) in [7, 11) is 0. The number of ether oxygens (including phenoxy) is 1. The van der Waals surface area contributed by atoms with Crippen molar-refractivity contribution in [3.63, 3.8) is 0 Å². The monoisotopic (exact) mass is 429 g/mol. The van der Waals surface area contributed by atoms with E-state index in [1.807, 2.05) is 12.1 Å². The average molecular weight is 429 g/mol. The third-order valence-electron chi connectivity index (χ3n) is 3.42. The molecule has 0 saturated carbocycles. The highest BCUT2D eigenvalue weighted by atomic mass is 127. The van der Waals surface area contributed by atoms with Gasteiger partial charge in [0.25, 0.3) is 5.91 Å². The lowest BCUT2D eigenvalue weighted by molar-refractivity contribution is -0.120. The molecule has 1 aliphatic rings. The summed E-state index contributed by atoms with van der Waals surface area (Å²) in [6, 6.07) is 7.17. The summed E-state index contributed by atoms with van der Waals surface area (Å²) >= 11 is 2.17. The van der Waals surface area contributed by atoms with Crippen molar-refractivity contribution in [1.29, 1.82) is 0 Å². The maximum atomic E-state index is 11.9. The lowest BCUT2D eigenvalue weighted by Crippen LogP contribution is -2.33. The summed E-state index contributed by atoms with van der Waals surface area (Å²) in [5.74, 6) is -0.411. The molecular formula is C16H20IN3O3. The van der Waals surface area contributed by atoms with Crippen molar-refractivity contribution in [1.82, 2.24) is 10.7 Å².